The first-order valence-corrected chi connectivity index (χ1v) is 7.92. The Morgan fingerprint density at radius 2 is 2.00 bits per heavy atom. The Morgan fingerprint density at radius 1 is 1.26 bits per heavy atom. The second-order valence-electron chi connectivity index (χ2n) is 4.96. The summed E-state index contributed by atoms with van der Waals surface area (Å²) < 4.78 is 2.65. The number of pyridine rings is 1. The fraction of sp³-hybridized carbons (Fsp3) is 0.118. The Kier molecular flexibility index (Phi) is 4.25. The highest BCUT2D eigenvalue weighted by atomic mass is 79.9. The molecule has 0 amide bonds. The number of aromatic nitrogens is 3. The highest BCUT2D eigenvalue weighted by molar-refractivity contribution is 9.10. The largest absolute Gasteiger partial charge is 0.478 e. The van der Waals surface area contributed by atoms with Crippen molar-refractivity contribution in [3.05, 3.63) is 64.5 Å². The van der Waals surface area contributed by atoms with Crippen LogP contribution in [0.2, 0.25) is 0 Å². The quantitative estimate of drug-likeness (QED) is 0.753. The van der Waals surface area contributed by atoms with Crippen LogP contribution in [0.15, 0.2) is 53.3 Å². The summed E-state index contributed by atoms with van der Waals surface area (Å²) in [6, 6.07) is 11.2. The van der Waals surface area contributed by atoms with Crippen LogP contribution in [0.25, 0.3) is 16.9 Å². The number of nitrogens with zero attached hydrogens (tertiary/aromatic N) is 3. The molecule has 0 aliphatic carbocycles. The summed E-state index contributed by atoms with van der Waals surface area (Å²) in [6.07, 6.45) is 3.83. The summed E-state index contributed by atoms with van der Waals surface area (Å²) in [5, 5.41) is 14.2. The summed E-state index contributed by atoms with van der Waals surface area (Å²) in [7, 11) is 0. The summed E-state index contributed by atoms with van der Waals surface area (Å²) in [5.41, 5.74) is 2.84. The van der Waals surface area contributed by atoms with Crippen molar-refractivity contribution < 1.29 is 9.90 Å². The van der Waals surface area contributed by atoms with Crippen LogP contribution < -0.4 is 0 Å². The number of hydrogen-bond donors (Lipinski definition) is 1. The molecule has 0 unspecified atom stereocenters. The normalized spacial score (nSPS) is 10.7. The second kappa shape index (κ2) is 6.34. The van der Waals surface area contributed by atoms with Gasteiger partial charge in [0.25, 0.3) is 0 Å². The van der Waals surface area contributed by atoms with E-state index in [9.17, 15) is 9.90 Å². The molecule has 23 heavy (non-hydrogen) atoms. The number of benzene rings is 1. The second-order valence-corrected chi connectivity index (χ2v) is 5.87. The van der Waals surface area contributed by atoms with Crippen LogP contribution in [-0.4, -0.2) is 25.8 Å². The molecular formula is C17H14BrN3O2. The van der Waals surface area contributed by atoms with Gasteiger partial charge >= 0.3 is 5.97 Å². The molecule has 2 aromatic heterocycles. The minimum absolute atomic E-state index is 0.225. The zero-order valence-electron chi connectivity index (χ0n) is 12.4. The Hall–Kier alpha value is -2.47. The molecule has 1 aromatic carbocycles. The number of aromatic carboxylic acids is 1. The number of carboxylic acids is 1. The molecule has 3 aromatic rings. The average Bonchev–Trinajstić information content (AvgIpc) is 2.96. The summed E-state index contributed by atoms with van der Waals surface area (Å²) in [6.45, 7) is 1.92. The molecular weight excluding hydrogens is 358 g/mol. The molecule has 0 spiro atoms. The molecule has 0 aliphatic rings. The average molecular weight is 372 g/mol. The van der Waals surface area contributed by atoms with Crippen molar-refractivity contribution >= 4 is 21.9 Å². The maximum Gasteiger partial charge on any atom is 0.339 e. The van der Waals surface area contributed by atoms with Gasteiger partial charge in [-0.25, -0.2) is 9.48 Å². The first kappa shape index (κ1) is 15.4. The molecule has 0 aliphatic heterocycles. The third-order valence-electron chi connectivity index (χ3n) is 3.54. The van der Waals surface area contributed by atoms with Gasteiger partial charge < -0.3 is 5.11 Å². The predicted molar refractivity (Wildman–Crippen MR) is 90.8 cm³/mol. The monoisotopic (exact) mass is 371 g/mol. The lowest BCUT2D eigenvalue weighted by atomic mass is 10.1. The molecule has 0 fully saturated rings. The van der Waals surface area contributed by atoms with Crippen molar-refractivity contribution in [1.29, 1.82) is 0 Å². The maximum atomic E-state index is 11.8. The van der Waals surface area contributed by atoms with Gasteiger partial charge in [-0.3, -0.25) is 4.98 Å². The Labute approximate surface area is 141 Å². The van der Waals surface area contributed by atoms with Crippen LogP contribution in [0.4, 0.5) is 0 Å². The van der Waals surface area contributed by atoms with Gasteiger partial charge in [-0.05, 0) is 42.8 Å². The molecule has 0 saturated carbocycles. The third kappa shape index (κ3) is 2.90. The SMILES string of the molecule is CCc1c(C(=O)O)c(-c2cccnc2)nn1-c1ccc(Br)cc1. The lowest BCUT2D eigenvalue weighted by Crippen LogP contribution is -2.05. The predicted octanol–water partition coefficient (Wildman–Crippen LogP) is 3.96. The number of halogens is 1. The van der Waals surface area contributed by atoms with Crippen LogP contribution in [0.1, 0.15) is 23.0 Å². The maximum absolute atomic E-state index is 11.8. The molecule has 116 valence electrons. The van der Waals surface area contributed by atoms with E-state index in [0.717, 1.165) is 10.2 Å². The van der Waals surface area contributed by atoms with Crippen molar-refractivity contribution in [2.24, 2.45) is 0 Å². The third-order valence-corrected chi connectivity index (χ3v) is 4.06. The zero-order valence-corrected chi connectivity index (χ0v) is 14.0. The molecule has 6 heteroatoms. The first-order chi connectivity index (χ1) is 11.1. The number of hydrogen-bond acceptors (Lipinski definition) is 3. The lowest BCUT2D eigenvalue weighted by Gasteiger charge is -2.06. The van der Waals surface area contributed by atoms with Crippen molar-refractivity contribution in [3.8, 4) is 16.9 Å². The Balaban J connectivity index is 2.25. The highest BCUT2D eigenvalue weighted by Crippen LogP contribution is 2.28. The van der Waals surface area contributed by atoms with E-state index < -0.39 is 5.97 Å². The van der Waals surface area contributed by atoms with Crippen molar-refractivity contribution in [2.75, 3.05) is 0 Å². The van der Waals surface area contributed by atoms with Gasteiger partial charge in [-0.1, -0.05) is 22.9 Å². The van der Waals surface area contributed by atoms with Gasteiger partial charge in [0.15, 0.2) is 0 Å². The fourth-order valence-electron chi connectivity index (χ4n) is 2.50. The van der Waals surface area contributed by atoms with E-state index >= 15 is 0 Å². The van der Waals surface area contributed by atoms with E-state index in [2.05, 4.69) is 26.0 Å². The topological polar surface area (TPSA) is 68.0 Å². The molecule has 5 nitrogen and oxygen atoms in total. The summed E-state index contributed by atoms with van der Waals surface area (Å²) >= 11 is 3.40. The minimum atomic E-state index is -0.982. The van der Waals surface area contributed by atoms with Crippen molar-refractivity contribution in [3.63, 3.8) is 0 Å². The van der Waals surface area contributed by atoms with Gasteiger partial charge in [-0.2, -0.15) is 5.10 Å². The highest BCUT2D eigenvalue weighted by Gasteiger charge is 2.24. The van der Waals surface area contributed by atoms with Gasteiger partial charge in [0, 0.05) is 22.4 Å². The van der Waals surface area contributed by atoms with Crippen LogP contribution in [0, 0.1) is 0 Å². The van der Waals surface area contributed by atoms with E-state index in [0.29, 0.717) is 23.4 Å². The summed E-state index contributed by atoms with van der Waals surface area (Å²) in [4.78, 5) is 15.9. The van der Waals surface area contributed by atoms with E-state index in [1.54, 1.807) is 23.1 Å². The summed E-state index contributed by atoms with van der Waals surface area (Å²) in [5.74, 6) is -0.982. The number of carboxylic acid groups (broad SMARTS) is 1. The smallest absolute Gasteiger partial charge is 0.339 e. The fourth-order valence-corrected chi connectivity index (χ4v) is 2.77. The lowest BCUT2D eigenvalue weighted by molar-refractivity contribution is 0.0696. The van der Waals surface area contributed by atoms with Crippen molar-refractivity contribution in [1.82, 2.24) is 14.8 Å². The first-order valence-electron chi connectivity index (χ1n) is 7.13. The molecule has 3 rings (SSSR count). The van der Waals surface area contributed by atoms with Gasteiger partial charge in [0.1, 0.15) is 11.3 Å². The molecule has 0 radical (unpaired) electrons. The zero-order chi connectivity index (χ0) is 16.4. The Bertz CT molecular complexity index is 842. The van der Waals surface area contributed by atoms with Crippen molar-refractivity contribution in [2.45, 2.75) is 13.3 Å². The van der Waals surface area contributed by atoms with Gasteiger partial charge in [0.2, 0.25) is 0 Å². The van der Waals surface area contributed by atoms with E-state index in [-0.39, 0.29) is 5.56 Å². The molecule has 1 N–H and O–H groups in total. The van der Waals surface area contributed by atoms with Crippen LogP contribution >= 0.6 is 15.9 Å². The Morgan fingerprint density at radius 3 is 2.57 bits per heavy atom. The van der Waals surface area contributed by atoms with E-state index in [1.807, 2.05) is 37.3 Å². The molecule has 0 atom stereocenters. The molecule has 2 heterocycles. The van der Waals surface area contributed by atoms with Gasteiger partial charge in [-0.15, -0.1) is 0 Å². The number of carbonyl (C=O) groups is 1. The van der Waals surface area contributed by atoms with Gasteiger partial charge in [0.05, 0.1) is 11.4 Å². The van der Waals surface area contributed by atoms with E-state index in [1.165, 1.54) is 0 Å². The molecule has 0 bridgehead atoms. The van der Waals surface area contributed by atoms with Crippen LogP contribution in [0.5, 0.6) is 0 Å². The van der Waals surface area contributed by atoms with Crippen LogP contribution in [-0.2, 0) is 6.42 Å². The number of rotatable bonds is 4. The van der Waals surface area contributed by atoms with Crippen LogP contribution in [0.3, 0.4) is 0 Å². The standard InChI is InChI=1S/C17H14BrN3O2/c1-2-14-15(17(22)23)16(11-4-3-9-19-10-11)20-21(14)13-7-5-12(18)6-8-13/h3-10H,2H2,1H3,(H,22,23). The molecule has 0 saturated heterocycles. The minimum Gasteiger partial charge on any atom is -0.478 e. The van der Waals surface area contributed by atoms with E-state index in [4.69, 9.17) is 0 Å².